The second kappa shape index (κ2) is 13.7. The van der Waals surface area contributed by atoms with Gasteiger partial charge in [-0.15, -0.1) is 0 Å². The molecule has 1 aliphatic rings. The molecule has 0 saturated heterocycles. The molecule has 2 aromatic heterocycles. The van der Waals surface area contributed by atoms with E-state index < -0.39 is 0 Å². The van der Waals surface area contributed by atoms with Crippen LogP contribution in [0, 0.1) is 11.3 Å². The van der Waals surface area contributed by atoms with Crippen molar-refractivity contribution in [3.05, 3.63) is 199 Å². The minimum Gasteiger partial charge on any atom is -0.264 e. The molecule has 0 saturated carbocycles. The first-order valence-corrected chi connectivity index (χ1v) is 19.2. The molecule has 7 aromatic carbocycles. The van der Waals surface area contributed by atoms with Gasteiger partial charge in [0.1, 0.15) is 0 Å². The molecular formula is C53H36N4. The highest BCUT2D eigenvalue weighted by Crippen LogP contribution is 2.50. The lowest BCUT2D eigenvalue weighted by Gasteiger charge is -2.22. The molecule has 268 valence electrons. The maximum Gasteiger partial charge on any atom is 0.160 e. The van der Waals surface area contributed by atoms with Crippen molar-refractivity contribution in [2.75, 3.05) is 0 Å². The maximum absolute atomic E-state index is 9.71. The molecule has 4 heteroatoms. The van der Waals surface area contributed by atoms with Gasteiger partial charge >= 0.3 is 0 Å². The third-order valence-corrected chi connectivity index (χ3v) is 11.4. The third kappa shape index (κ3) is 6.07. The maximum atomic E-state index is 9.71. The summed E-state index contributed by atoms with van der Waals surface area (Å²) in [7, 11) is 0. The second-order valence-corrected chi connectivity index (χ2v) is 15.2. The number of pyridine rings is 1. The van der Waals surface area contributed by atoms with Crippen LogP contribution in [0.25, 0.3) is 89.2 Å². The molecule has 10 rings (SSSR count). The highest BCUT2D eigenvalue weighted by molar-refractivity contribution is 5.98. The Bertz CT molecular complexity index is 3030. The number of nitriles is 1. The number of fused-ring (bicyclic) bond motifs is 4. The van der Waals surface area contributed by atoms with E-state index in [1.165, 1.54) is 27.8 Å². The quantitative estimate of drug-likeness (QED) is 0.171. The summed E-state index contributed by atoms with van der Waals surface area (Å²) in [6, 6.07) is 61.9. The Hall–Kier alpha value is -7.48. The van der Waals surface area contributed by atoms with Crippen LogP contribution in [0.4, 0.5) is 0 Å². The third-order valence-electron chi connectivity index (χ3n) is 11.4. The summed E-state index contributed by atoms with van der Waals surface area (Å²) in [5.41, 5.74) is 16.6. The number of nitrogens with zero attached hydrogens (tertiary/aromatic N) is 4. The largest absolute Gasteiger partial charge is 0.264 e. The summed E-state index contributed by atoms with van der Waals surface area (Å²) in [6.07, 6.45) is 3.80. The second-order valence-electron chi connectivity index (χ2n) is 15.2. The number of rotatable bonds is 6. The van der Waals surface area contributed by atoms with Gasteiger partial charge < -0.3 is 0 Å². The number of aromatic nitrogens is 3. The molecule has 0 bridgehead atoms. The van der Waals surface area contributed by atoms with Gasteiger partial charge in [0.15, 0.2) is 5.82 Å². The van der Waals surface area contributed by atoms with Gasteiger partial charge in [-0.1, -0.05) is 135 Å². The van der Waals surface area contributed by atoms with Crippen molar-refractivity contribution in [3.8, 4) is 84.5 Å². The van der Waals surface area contributed by atoms with E-state index in [4.69, 9.17) is 9.97 Å². The van der Waals surface area contributed by atoms with Crippen molar-refractivity contribution in [2.24, 2.45) is 0 Å². The van der Waals surface area contributed by atoms with Crippen molar-refractivity contribution >= 4 is 10.8 Å². The fourth-order valence-electron chi connectivity index (χ4n) is 8.37. The zero-order valence-electron chi connectivity index (χ0n) is 31.6. The van der Waals surface area contributed by atoms with Crippen molar-refractivity contribution in [3.63, 3.8) is 0 Å². The van der Waals surface area contributed by atoms with Crippen LogP contribution in [0.5, 0.6) is 0 Å². The van der Waals surface area contributed by atoms with Crippen LogP contribution in [-0.4, -0.2) is 15.0 Å². The van der Waals surface area contributed by atoms with Gasteiger partial charge in [0, 0.05) is 39.9 Å². The molecule has 0 atom stereocenters. The van der Waals surface area contributed by atoms with Gasteiger partial charge in [0.05, 0.1) is 23.0 Å². The summed E-state index contributed by atoms with van der Waals surface area (Å²) >= 11 is 0. The minimum absolute atomic E-state index is 0.266. The fourth-order valence-corrected chi connectivity index (χ4v) is 8.37. The Morgan fingerprint density at radius 3 is 1.82 bits per heavy atom. The molecule has 0 radical (unpaired) electrons. The Morgan fingerprint density at radius 1 is 0.456 bits per heavy atom. The van der Waals surface area contributed by atoms with Crippen LogP contribution in [0.15, 0.2) is 182 Å². The van der Waals surface area contributed by atoms with Gasteiger partial charge in [-0.3, -0.25) is 4.98 Å². The molecule has 0 N–H and O–H groups in total. The molecule has 0 aliphatic heterocycles. The van der Waals surface area contributed by atoms with Crippen molar-refractivity contribution in [1.29, 1.82) is 5.26 Å². The van der Waals surface area contributed by atoms with E-state index >= 15 is 0 Å². The Kier molecular flexibility index (Phi) is 8.17. The smallest absolute Gasteiger partial charge is 0.160 e. The van der Waals surface area contributed by atoms with E-state index in [1.54, 1.807) is 0 Å². The first-order valence-electron chi connectivity index (χ1n) is 19.2. The molecule has 4 nitrogen and oxygen atoms in total. The predicted octanol–water partition coefficient (Wildman–Crippen LogP) is 13.2. The SMILES string of the molecule is CC1(C)c2cc(C#N)ccc2-c2ccc(-c3cc(-c4cc(-c5ccc(-c6ccccc6)cc5)nc(-c5ccccc5)n4)cc(-c4cccc5ccncc45)c3)cc21. The summed E-state index contributed by atoms with van der Waals surface area (Å²) in [5.74, 6) is 0.672. The van der Waals surface area contributed by atoms with Crippen LogP contribution < -0.4 is 0 Å². The number of benzene rings is 7. The van der Waals surface area contributed by atoms with E-state index in [2.05, 4.69) is 164 Å². The van der Waals surface area contributed by atoms with E-state index in [-0.39, 0.29) is 5.41 Å². The van der Waals surface area contributed by atoms with E-state index in [9.17, 15) is 5.26 Å². The van der Waals surface area contributed by atoms with Crippen LogP contribution in [0.1, 0.15) is 30.5 Å². The molecule has 0 amide bonds. The lowest BCUT2D eigenvalue weighted by atomic mass is 9.81. The van der Waals surface area contributed by atoms with Gasteiger partial charge in [0.25, 0.3) is 0 Å². The highest BCUT2D eigenvalue weighted by Gasteiger charge is 2.36. The predicted molar refractivity (Wildman–Crippen MR) is 232 cm³/mol. The van der Waals surface area contributed by atoms with Gasteiger partial charge in [-0.25, -0.2) is 9.97 Å². The van der Waals surface area contributed by atoms with E-state index in [1.807, 2.05) is 42.7 Å². The van der Waals surface area contributed by atoms with Gasteiger partial charge in [0.2, 0.25) is 0 Å². The molecule has 0 fully saturated rings. The zero-order chi connectivity index (χ0) is 38.5. The average Bonchev–Trinajstić information content (AvgIpc) is 3.51. The molecule has 0 spiro atoms. The molecule has 2 heterocycles. The Labute approximate surface area is 332 Å². The highest BCUT2D eigenvalue weighted by atomic mass is 14.9. The molecular weight excluding hydrogens is 693 g/mol. The molecule has 57 heavy (non-hydrogen) atoms. The van der Waals surface area contributed by atoms with E-state index in [0.29, 0.717) is 11.4 Å². The standard InChI is InChI=1S/C53H36N4/c1-53(2)48-26-34(32-54)16-22-45(48)46-23-21-40(30-49(46)53)41-27-42(44-15-9-14-37-24-25-55-33-47(37)44)29-43(28-41)51-31-50(56-52(57-51)39-12-7-4-8-13-39)38-19-17-36(18-20-38)35-10-5-3-6-11-35/h3-31,33H,1-2H3. The topological polar surface area (TPSA) is 62.5 Å². The fraction of sp³-hybridized carbons (Fsp3) is 0.0566. The molecule has 9 aromatic rings. The molecule has 1 aliphatic carbocycles. The minimum atomic E-state index is -0.266. The van der Waals surface area contributed by atoms with Gasteiger partial charge in [-0.05, 0) is 110 Å². The van der Waals surface area contributed by atoms with Crippen molar-refractivity contribution < 1.29 is 0 Å². The normalized spacial score (nSPS) is 12.5. The van der Waals surface area contributed by atoms with Gasteiger partial charge in [-0.2, -0.15) is 5.26 Å². The lowest BCUT2D eigenvalue weighted by molar-refractivity contribution is 0.660. The Morgan fingerprint density at radius 2 is 1.07 bits per heavy atom. The summed E-state index contributed by atoms with van der Waals surface area (Å²) in [4.78, 5) is 14.9. The lowest BCUT2D eigenvalue weighted by Crippen LogP contribution is -2.15. The summed E-state index contributed by atoms with van der Waals surface area (Å²) < 4.78 is 0. The summed E-state index contributed by atoms with van der Waals surface area (Å²) in [5, 5.41) is 11.9. The summed E-state index contributed by atoms with van der Waals surface area (Å²) in [6.45, 7) is 4.51. The zero-order valence-corrected chi connectivity index (χ0v) is 31.6. The number of hydrogen-bond acceptors (Lipinski definition) is 4. The van der Waals surface area contributed by atoms with E-state index in [0.717, 1.165) is 66.7 Å². The van der Waals surface area contributed by atoms with Crippen LogP contribution >= 0.6 is 0 Å². The first kappa shape index (κ1) is 34.0. The first-order chi connectivity index (χ1) is 27.9. The van der Waals surface area contributed by atoms with Crippen molar-refractivity contribution in [1.82, 2.24) is 15.0 Å². The monoisotopic (exact) mass is 728 g/mol. The van der Waals surface area contributed by atoms with Crippen LogP contribution in [-0.2, 0) is 5.41 Å². The Balaban J connectivity index is 1.17. The molecule has 0 unspecified atom stereocenters. The average molecular weight is 729 g/mol. The number of hydrogen-bond donors (Lipinski definition) is 0. The van der Waals surface area contributed by atoms with Crippen LogP contribution in [0.3, 0.4) is 0 Å². The van der Waals surface area contributed by atoms with Crippen molar-refractivity contribution in [2.45, 2.75) is 19.3 Å². The van der Waals surface area contributed by atoms with Crippen LogP contribution in [0.2, 0.25) is 0 Å².